The highest BCUT2D eigenvalue weighted by Crippen LogP contribution is 2.32. The zero-order valence-electron chi connectivity index (χ0n) is 16.2. The third kappa shape index (κ3) is 4.22. The SMILES string of the molecule is Cc1cccc(/C=C/C(=O)Nc2c(C(=O)N3CCOCC3)oc3ccccc23)c1. The van der Waals surface area contributed by atoms with Crippen LogP contribution in [0, 0.1) is 6.92 Å². The minimum absolute atomic E-state index is 0.144. The van der Waals surface area contributed by atoms with Crippen LogP contribution < -0.4 is 5.32 Å². The van der Waals surface area contributed by atoms with Gasteiger partial charge < -0.3 is 19.4 Å². The smallest absolute Gasteiger partial charge is 0.291 e. The average Bonchev–Trinajstić information content (AvgIpc) is 3.11. The molecule has 1 fully saturated rings. The number of hydrogen-bond acceptors (Lipinski definition) is 4. The molecule has 3 aromatic rings. The Morgan fingerprint density at radius 1 is 1.07 bits per heavy atom. The van der Waals surface area contributed by atoms with E-state index < -0.39 is 0 Å². The third-order valence-electron chi connectivity index (χ3n) is 4.81. The van der Waals surface area contributed by atoms with Crippen LogP contribution in [0.2, 0.25) is 0 Å². The van der Waals surface area contributed by atoms with Crippen molar-refractivity contribution >= 4 is 34.5 Å². The van der Waals surface area contributed by atoms with E-state index in [0.29, 0.717) is 43.0 Å². The van der Waals surface area contributed by atoms with E-state index in [2.05, 4.69) is 5.32 Å². The molecule has 0 unspecified atom stereocenters. The first-order chi connectivity index (χ1) is 14.1. The summed E-state index contributed by atoms with van der Waals surface area (Å²) in [7, 11) is 0. The van der Waals surface area contributed by atoms with Crippen molar-refractivity contribution in [3.8, 4) is 0 Å². The molecule has 1 saturated heterocycles. The second kappa shape index (κ2) is 8.32. The van der Waals surface area contributed by atoms with Gasteiger partial charge in [-0.2, -0.15) is 0 Å². The van der Waals surface area contributed by atoms with Crippen LogP contribution in [0.3, 0.4) is 0 Å². The molecule has 0 radical (unpaired) electrons. The minimum Gasteiger partial charge on any atom is -0.449 e. The predicted molar refractivity (Wildman–Crippen MR) is 112 cm³/mol. The van der Waals surface area contributed by atoms with Crippen molar-refractivity contribution in [1.29, 1.82) is 0 Å². The van der Waals surface area contributed by atoms with Crippen LogP contribution in [-0.4, -0.2) is 43.0 Å². The number of amides is 2. The number of rotatable bonds is 4. The van der Waals surface area contributed by atoms with Crippen molar-refractivity contribution in [2.45, 2.75) is 6.92 Å². The standard InChI is InChI=1S/C23H22N2O4/c1-16-5-4-6-17(15-16)9-10-20(26)24-21-18-7-2-3-8-19(18)29-22(21)23(27)25-11-13-28-14-12-25/h2-10,15H,11-14H2,1H3,(H,24,26)/b10-9+. The third-order valence-corrected chi connectivity index (χ3v) is 4.81. The van der Waals surface area contributed by atoms with Crippen LogP contribution in [0.15, 0.2) is 59.0 Å². The number of anilines is 1. The van der Waals surface area contributed by atoms with Gasteiger partial charge in [-0.3, -0.25) is 9.59 Å². The van der Waals surface area contributed by atoms with Gasteiger partial charge >= 0.3 is 0 Å². The second-order valence-electron chi connectivity index (χ2n) is 6.94. The Morgan fingerprint density at radius 3 is 2.66 bits per heavy atom. The molecule has 0 aliphatic carbocycles. The number of nitrogens with zero attached hydrogens (tertiary/aromatic N) is 1. The summed E-state index contributed by atoms with van der Waals surface area (Å²) in [5, 5.41) is 3.54. The molecule has 0 saturated carbocycles. The van der Waals surface area contributed by atoms with Gasteiger partial charge in [-0.05, 0) is 30.7 Å². The Hall–Kier alpha value is -3.38. The lowest BCUT2D eigenvalue weighted by atomic mass is 10.1. The lowest BCUT2D eigenvalue weighted by Crippen LogP contribution is -2.40. The second-order valence-corrected chi connectivity index (χ2v) is 6.94. The van der Waals surface area contributed by atoms with Gasteiger partial charge in [-0.1, -0.05) is 42.0 Å². The largest absolute Gasteiger partial charge is 0.449 e. The molecule has 2 aromatic carbocycles. The zero-order chi connectivity index (χ0) is 20.2. The molecular formula is C23H22N2O4. The van der Waals surface area contributed by atoms with Crippen molar-refractivity contribution in [2.24, 2.45) is 0 Å². The lowest BCUT2D eigenvalue weighted by molar-refractivity contribution is -0.111. The van der Waals surface area contributed by atoms with E-state index in [-0.39, 0.29) is 17.6 Å². The molecule has 2 heterocycles. The first kappa shape index (κ1) is 19.0. The monoisotopic (exact) mass is 390 g/mol. The number of fused-ring (bicyclic) bond motifs is 1. The van der Waals surface area contributed by atoms with E-state index in [9.17, 15) is 9.59 Å². The summed E-state index contributed by atoms with van der Waals surface area (Å²) in [6, 6.07) is 15.1. The molecule has 1 aromatic heterocycles. The van der Waals surface area contributed by atoms with Gasteiger partial charge in [-0.15, -0.1) is 0 Å². The minimum atomic E-state index is -0.325. The maximum absolute atomic E-state index is 13.0. The van der Waals surface area contributed by atoms with Crippen molar-refractivity contribution < 1.29 is 18.7 Å². The fraction of sp³-hybridized carbons (Fsp3) is 0.217. The number of furan rings is 1. The highest BCUT2D eigenvalue weighted by atomic mass is 16.5. The zero-order valence-corrected chi connectivity index (χ0v) is 16.2. The molecule has 2 amide bonds. The van der Waals surface area contributed by atoms with E-state index in [4.69, 9.17) is 9.15 Å². The number of hydrogen-bond donors (Lipinski definition) is 1. The molecule has 6 nitrogen and oxygen atoms in total. The van der Waals surface area contributed by atoms with Crippen LogP contribution in [0.5, 0.6) is 0 Å². The van der Waals surface area contributed by atoms with Crippen LogP contribution in [0.25, 0.3) is 17.0 Å². The predicted octanol–water partition coefficient (Wildman–Crippen LogP) is 3.87. The maximum atomic E-state index is 13.0. The number of carbonyl (C=O) groups excluding carboxylic acids is 2. The highest BCUT2D eigenvalue weighted by Gasteiger charge is 2.27. The summed E-state index contributed by atoms with van der Waals surface area (Å²) in [6.45, 7) is 3.98. The Balaban J connectivity index is 1.61. The molecular weight excluding hydrogens is 368 g/mol. The van der Waals surface area contributed by atoms with Gasteiger partial charge in [0.2, 0.25) is 11.7 Å². The van der Waals surface area contributed by atoms with Crippen molar-refractivity contribution in [1.82, 2.24) is 4.90 Å². The van der Waals surface area contributed by atoms with Gasteiger partial charge in [0.25, 0.3) is 5.91 Å². The number of nitrogens with one attached hydrogen (secondary N) is 1. The van der Waals surface area contributed by atoms with E-state index in [1.807, 2.05) is 49.4 Å². The summed E-state index contributed by atoms with van der Waals surface area (Å²) in [5.74, 6) is -0.429. The Bertz CT molecular complexity index is 1080. The molecule has 0 bridgehead atoms. The molecule has 29 heavy (non-hydrogen) atoms. The number of aryl methyl sites for hydroxylation is 1. The normalized spacial score (nSPS) is 14.4. The van der Waals surface area contributed by atoms with Gasteiger partial charge in [0.1, 0.15) is 11.3 Å². The van der Waals surface area contributed by atoms with Crippen LogP contribution in [-0.2, 0) is 9.53 Å². The Labute approximate surface area is 168 Å². The van der Waals surface area contributed by atoms with Crippen LogP contribution in [0.1, 0.15) is 21.7 Å². The fourth-order valence-corrected chi connectivity index (χ4v) is 3.34. The quantitative estimate of drug-likeness (QED) is 0.687. The molecule has 0 atom stereocenters. The summed E-state index contributed by atoms with van der Waals surface area (Å²) in [6.07, 6.45) is 3.20. The molecule has 4 rings (SSSR count). The average molecular weight is 390 g/mol. The molecule has 1 N–H and O–H groups in total. The topological polar surface area (TPSA) is 71.8 Å². The molecule has 1 aliphatic heterocycles. The van der Waals surface area contributed by atoms with Crippen LogP contribution >= 0.6 is 0 Å². The molecule has 148 valence electrons. The van der Waals surface area contributed by atoms with Crippen LogP contribution in [0.4, 0.5) is 5.69 Å². The first-order valence-corrected chi connectivity index (χ1v) is 9.56. The summed E-state index contributed by atoms with van der Waals surface area (Å²) in [5.41, 5.74) is 3.01. The molecule has 1 aliphatic rings. The van der Waals surface area contributed by atoms with E-state index in [0.717, 1.165) is 11.1 Å². The number of benzene rings is 2. The number of ether oxygens (including phenoxy) is 1. The number of morpholine rings is 1. The lowest BCUT2D eigenvalue weighted by Gasteiger charge is -2.26. The summed E-state index contributed by atoms with van der Waals surface area (Å²) >= 11 is 0. The number of carbonyl (C=O) groups is 2. The summed E-state index contributed by atoms with van der Waals surface area (Å²) in [4.78, 5) is 27.3. The van der Waals surface area contributed by atoms with E-state index in [1.54, 1.807) is 17.0 Å². The van der Waals surface area contributed by atoms with Crippen molar-refractivity contribution in [2.75, 3.05) is 31.6 Å². The van der Waals surface area contributed by atoms with E-state index >= 15 is 0 Å². The van der Waals surface area contributed by atoms with Gasteiger partial charge in [0, 0.05) is 24.6 Å². The maximum Gasteiger partial charge on any atom is 0.291 e. The van der Waals surface area contributed by atoms with Gasteiger partial charge in [-0.25, -0.2) is 0 Å². The van der Waals surface area contributed by atoms with Gasteiger partial charge in [0.05, 0.1) is 13.2 Å². The van der Waals surface area contributed by atoms with Gasteiger partial charge in [0.15, 0.2) is 0 Å². The molecule has 0 spiro atoms. The Morgan fingerprint density at radius 2 is 1.86 bits per heavy atom. The van der Waals surface area contributed by atoms with Crippen molar-refractivity contribution in [3.05, 3.63) is 71.5 Å². The first-order valence-electron chi connectivity index (χ1n) is 9.56. The fourth-order valence-electron chi connectivity index (χ4n) is 3.34. The highest BCUT2D eigenvalue weighted by molar-refractivity contribution is 6.13. The number of para-hydroxylation sites is 1. The van der Waals surface area contributed by atoms with E-state index in [1.165, 1.54) is 6.08 Å². The molecule has 6 heteroatoms. The summed E-state index contributed by atoms with van der Waals surface area (Å²) < 4.78 is 11.1. The van der Waals surface area contributed by atoms with Crippen molar-refractivity contribution in [3.63, 3.8) is 0 Å². The Kier molecular flexibility index (Phi) is 5.44.